The standard InChI is InChI=1S/C16H21FN4O.ClH/c1-3-15-14(16(22)19-9-8-11(2)18)10-20-21(15)13-6-4-12(17)5-7-13;/h4-7,10-11H,3,8-9,18H2,1-2H3,(H,19,22);1H. The summed E-state index contributed by atoms with van der Waals surface area (Å²) in [7, 11) is 0. The lowest BCUT2D eigenvalue weighted by molar-refractivity contribution is 0.0952. The number of hydrogen-bond donors (Lipinski definition) is 2. The molecule has 0 fully saturated rings. The first kappa shape index (κ1) is 19.1. The van der Waals surface area contributed by atoms with Gasteiger partial charge in [-0.1, -0.05) is 6.92 Å². The first-order valence-electron chi connectivity index (χ1n) is 7.39. The number of aromatic nitrogens is 2. The van der Waals surface area contributed by atoms with E-state index in [4.69, 9.17) is 5.73 Å². The van der Waals surface area contributed by atoms with E-state index in [2.05, 4.69) is 10.4 Å². The zero-order chi connectivity index (χ0) is 16.1. The lowest BCUT2D eigenvalue weighted by Crippen LogP contribution is -2.29. The van der Waals surface area contributed by atoms with Crippen molar-refractivity contribution in [1.82, 2.24) is 15.1 Å². The number of nitrogens with two attached hydrogens (primary N) is 1. The van der Waals surface area contributed by atoms with Crippen LogP contribution in [-0.2, 0) is 6.42 Å². The topological polar surface area (TPSA) is 72.9 Å². The highest BCUT2D eigenvalue weighted by molar-refractivity contribution is 5.95. The van der Waals surface area contributed by atoms with E-state index in [-0.39, 0.29) is 30.2 Å². The Morgan fingerprint density at radius 2 is 2.04 bits per heavy atom. The summed E-state index contributed by atoms with van der Waals surface area (Å²) in [5.41, 5.74) is 7.73. The Balaban J connectivity index is 0.00000264. The van der Waals surface area contributed by atoms with Gasteiger partial charge in [0.15, 0.2) is 0 Å². The molecule has 1 atom stereocenters. The van der Waals surface area contributed by atoms with E-state index < -0.39 is 0 Å². The fourth-order valence-corrected chi connectivity index (χ4v) is 2.22. The van der Waals surface area contributed by atoms with E-state index in [1.807, 2.05) is 13.8 Å². The monoisotopic (exact) mass is 340 g/mol. The van der Waals surface area contributed by atoms with E-state index in [1.165, 1.54) is 12.1 Å². The highest BCUT2D eigenvalue weighted by atomic mass is 35.5. The van der Waals surface area contributed by atoms with Crippen molar-refractivity contribution in [3.05, 3.63) is 47.5 Å². The number of carbonyl (C=O) groups excluding carboxylic acids is 1. The van der Waals surface area contributed by atoms with E-state index in [1.54, 1.807) is 23.0 Å². The van der Waals surface area contributed by atoms with Crippen LogP contribution in [0.25, 0.3) is 5.69 Å². The van der Waals surface area contributed by atoms with Gasteiger partial charge in [0.05, 0.1) is 23.1 Å². The second-order valence-electron chi connectivity index (χ2n) is 5.27. The minimum absolute atomic E-state index is 0. The maximum atomic E-state index is 13.0. The van der Waals surface area contributed by atoms with Gasteiger partial charge in [0.25, 0.3) is 5.91 Å². The fourth-order valence-electron chi connectivity index (χ4n) is 2.22. The van der Waals surface area contributed by atoms with Crippen LogP contribution in [0, 0.1) is 5.82 Å². The van der Waals surface area contributed by atoms with Crippen LogP contribution in [0.4, 0.5) is 4.39 Å². The van der Waals surface area contributed by atoms with Crippen LogP contribution < -0.4 is 11.1 Å². The molecule has 0 bridgehead atoms. The first-order chi connectivity index (χ1) is 10.5. The lowest BCUT2D eigenvalue weighted by atomic mass is 10.1. The zero-order valence-corrected chi connectivity index (χ0v) is 14.1. The zero-order valence-electron chi connectivity index (χ0n) is 13.3. The maximum absolute atomic E-state index is 13.0. The summed E-state index contributed by atoms with van der Waals surface area (Å²) in [5, 5.41) is 7.11. The SMILES string of the molecule is CCc1c(C(=O)NCCC(C)N)cnn1-c1ccc(F)cc1.Cl. The van der Waals surface area contributed by atoms with Crippen molar-refractivity contribution in [2.45, 2.75) is 32.7 Å². The molecule has 1 heterocycles. The Labute approximate surface area is 141 Å². The summed E-state index contributed by atoms with van der Waals surface area (Å²) in [6.07, 6.45) is 2.91. The van der Waals surface area contributed by atoms with Crippen molar-refractivity contribution in [3.8, 4) is 5.69 Å². The normalized spacial score (nSPS) is 11.7. The molecule has 126 valence electrons. The van der Waals surface area contributed by atoms with Gasteiger partial charge in [0.2, 0.25) is 0 Å². The molecule has 1 aromatic carbocycles. The minimum atomic E-state index is -0.303. The molecule has 7 heteroatoms. The molecule has 0 aliphatic carbocycles. The van der Waals surface area contributed by atoms with Gasteiger partial charge in [-0.3, -0.25) is 4.79 Å². The number of benzene rings is 1. The summed E-state index contributed by atoms with van der Waals surface area (Å²) < 4.78 is 14.7. The molecule has 0 radical (unpaired) electrons. The second kappa shape index (κ2) is 8.64. The van der Waals surface area contributed by atoms with Gasteiger partial charge < -0.3 is 11.1 Å². The summed E-state index contributed by atoms with van der Waals surface area (Å²) in [6.45, 7) is 4.38. The second-order valence-corrected chi connectivity index (χ2v) is 5.27. The van der Waals surface area contributed by atoms with Crippen molar-refractivity contribution in [2.75, 3.05) is 6.54 Å². The molecule has 0 saturated heterocycles. The summed E-state index contributed by atoms with van der Waals surface area (Å²) >= 11 is 0. The highest BCUT2D eigenvalue weighted by Gasteiger charge is 2.16. The van der Waals surface area contributed by atoms with Crippen molar-refractivity contribution >= 4 is 18.3 Å². The molecule has 1 unspecified atom stereocenters. The quantitative estimate of drug-likeness (QED) is 0.848. The Morgan fingerprint density at radius 1 is 1.39 bits per heavy atom. The molecule has 3 N–H and O–H groups in total. The lowest BCUT2D eigenvalue weighted by Gasteiger charge is -2.09. The Kier molecular flexibility index (Phi) is 7.19. The Morgan fingerprint density at radius 3 is 2.61 bits per heavy atom. The van der Waals surface area contributed by atoms with Crippen LogP contribution in [0.5, 0.6) is 0 Å². The van der Waals surface area contributed by atoms with Gasteiger partial charge in [-0.2, -0.15) is 5.10 Å². The molecule has 23 heavy (non-hydrogen) atoms. The summed E-state index contributed by atoms with van der Waals surface area (Å²) in [5.74, 6) is -0.464. The van der Waals surface area contributed by atoms with Crippen LogP contribution in [0.15, 0.2) is 30.5 Å². The number of nitrogens with one attached hydrogen (secondary N) is 1. The molecule has 0 saturated carbocycles. The average molecular weight is 341 g/mol. The maximum Gasteiger partial charge on any atom is 0.254 e. The molecular formula is C16H22ClFN4O. The third-order valence-corrected chi connectivity index (χ3v) is 3.40. The third-order valence-electron chi connectivity index (χ3n) is 3.40. The van der Waals surface area contributed by atoms with E-state index >= 15 is 0 Å². The molecule has 1 aromatic heterocycles. The molecule has 0 aliphatic heterocycles. The van der Waals surface area contributed by atoms with Crippen molar-refractivity contribution in [2.24, 2.45) is 5.73 Å². The number of amides is 1. The molecule has 5 nitrogen and oxygen atoms in total. The van der Waals surface area contributed by atoms with Crippen LogP contribution in [0.1, 0.15) is 36.3 Å². The predicted octanol–water partition coefficient (Wildman–Crippen LogP) is 2.46. The van der Waals surface area contributed by atoms with E-state index in [0.29, 0.717) is 18.5 Å². The molecular weight excluding hydrogens is 319 g/mol. The molecule has 1 amide bonds. The highest BCUT2D eigenvalue weighted by Crippen LogP contribution is 2.16. The molecule has 2 aromatic rings. The van der Waals surface area contributed by atoms with Gasteiger partial charge in [-0.15, -0.1) is 12.4 Å². The van der Waals surface area contributed by atoms with Crippen molar-refractivity contribution in [3.63, 3.8) is 0 Å². The largest absolute Gasteiger partial charge is 0.352 e. The van der Waals surface area contributed by atoms with Gasteiger partial charge in [0.1, 0.15) is 5.82 Å². The minimum Gasteiger partial charge on any atom is -0.352 e. The summed E-state index contributed by atoms with van der Waals surface area (Å²) in [4.78, 5) is 12.2. The number of rotatable bonds is 6. The van der Waals surface area contributed by atoms with Gasteiger partial charge in [0, 0.05) is 12.6 Å². The van der Waals surface area contributed by atoms with Crippen LogP contribution >= 0.6 is 12.4 Å². The van der Waals surface area contributed by atoms with Gasteiger partial charge in [-0.05, 0) is 44.0 Å². The van der Waals surface area contributed by atoms with Crippen LogP contribution in [0.2, 0.25) is 0 Å². The van der Waals surface area contributed by atoms with Crippen LogP contribution in [0.3, 0.4) is 0 Å². The van der Waals surface area contributed by atoms with Gasteiger partial charge >= 0.3 is 0 Å². The molecule has 0 aliphatic rings. The Bertz CT molecular complexity index is 640. The first-order valence-corrected chi connectivity index (χ1v) is 7.39. The van der Waals surface area contributed by atoms with E-state index in [0.717, 1.165) is 17.8 Å². The van der Waals surface area contributed by atoms with Crippen molar-refractivity contribution in [1.29, 1.82) is 0 Å². The predicted molar refractivity (Wildman–Crippen MR) is 90.7 cm³/mol. The average Bonchev–Trinajstić information content (AvgIpc) is 2.91. The summed E-state index contributed by atoms with van der Waals surface area (Å²) in [6, 6.07) is 6.07. The van der Waals surface area contributed by atoms with Crippen LogP contribution in [-0.4, -0.2) is 28.3 Å². The number of hydrogen-bond acceptors (Lipinski definition) is 3. The molecule has 0 spiro atoms. The fraction of sp³-hybridized carbons (Fsp3) is 0.375. The van der Waals surface area contributed by atoms with E-state index in [9.17, 15) is 9.18 Å². The molecule has 2 rings (SSSR count). The number of nitrogens with zero attached hydrogens (tertiary/aromatic N) is 2. The van der Waals surface area contributed by atoms with Crippen molar-refractivity contribution < 1.29 is 9.18 Å². The number of halogens is 2. The van der Waals surface area contributed by atoms with Gasteiger partial charge in [-0.25, -0.2) is 9.07 Å². The number of carbonyl (C=O) groups is 1. The third kappa shape index (κ3) is 4.77. The Hall–Kier alpha value is -1.92. The smallest absolute Gasteiger partial charge is 0.254 e.